The van der Waals surface area contributed by atoms with Gasteiger partial charge in [-0.2, -0.15) is 0 Å². The number of carbonyl (C=O) groups is 1. The fourth-order valence-corrected chi connectivity index (χ4v) is 1.53. The van der Waals surface area contributed by atoms with Crippen molar-refractivity contribution in [2.45, 2.75) is 45.6 Å². The van der Waals surface area contributed by atoms with Gasteiger partial charge in [0.15, 0.2) is 0 Å². The number of nitrogens with zero attached hydrogens (tertiary/aromatic N) is 1. The van der Waals surface area contributed by atoms with E-state index >= 15 is 0 Å². The number of carboxylic acids is 1. The largest absolute Gasteiger partial charge is 0.480 e. The monoisotopic (exact) mass is 274 g/mol. The van der Waals surface area contributed by atoms with E-state index in [1.807, 2.05) is 0 Å². The zero-order chi connectivity index (χ0) is 15.1. The van der Waals surface area contributed by atoms with Crippen LogP contribution in [0.5, 0.6) is 0 Å². The maximum Gasteiger partial charge on any atom is 0.317 e. The highest BCUT2D eigenvalue weighted by atomic mass is 16.4. The van der Waals surface area contributed by atoms with Crippen molar-refractivity contribution in [2.75, 3.05) is 26.2 Å². The molecule has 0 aliphatic rings. The molecule has 0 spiro atoms. The molecule has 0 bridgehead atoms. The Morgan fingerprint density at radius 3 is 2.37 bits per heavy atom. The number of hydrogen-bond donors (Lipinski definition) is 3. The molecule has 5 nitrogen and oxygen atoms in total. The zero-order valence-corrected chi connectivity index (χ0v) is 12.3. The van der Waals surface area contributed by atoms with Crippen molar-refractivity contribution in [3.05, 3.63) is 12.7 Å². The molecule has 1 unspecified atom stereocenters. The zero-order valence-electron chi connectivity index (χ0n) is 12.3. The van der Waals surface area contributed by atoms with Gasteiger partial charge < -0.3 is 20.8 Å². The molecule has 0 saturated carbocycles. The van der Waals surface area contributed by atoms with Gasteiger partial charge in [-0.25, -0.2) is 0 Å². The van der Waals surface area contributed by atoms with E-state index in [-0.39, 0.29) is 12.6 Å². The normalized spacial score (nSPS) is 11.6. The highest BCUT2D eigenvalue weighted by Crippen LogP contribution is 2.01. The molecular formula is C14H30N2O3. The highest BCUT2D eigenvalue weighted by Gasteiger charge is 2.07. The molecular weight excluding hydrogens is 244 g/mol. The summed E-state index contributed by atoms with van der Waals surface area (Å²) in [5.41, 5.74) is 4.57. The second-order valence-corrected chi connectivity index (χ2v) is 4.38. The lowest BCUT2D eigenvalue weighted by Crippen LogP contribution is -2.32. The van der Waals surface area contributed by atoms with Crippen LogP contribution in [0.15, 0.2) is 12.7 Å². The number of hydrogen-bond acceptors (Lipinski definition) is 4. The molecule has 0 heterocycles. The summed E-state index contributed by atoms with van der Waals surface area (Å²) in [6, 6.07) is 0. The fourth-order valence-electron chi connectivity index (χ4n) is 1.53. The van der Waals surface area contributed by atoms with Crippen LogP contribution in [-0.2, 0) is 4.79 Å². The lowest BCUT2D eigenvalue weighted by Gasteiger charge is -2.22. The quantitative estimate of drug-likeness (QED) is 0.415. The molecule has 0 rings (SSSR count). The smallest absolute Gasteiger partial charge is 0.317 e. The predicted octanol–water partition coefficient (Wildman–Crippen LogP) is 1.47. The summed E-state index contributed by atoms with van der Waals surface area (Å²) in [5.74, 6) is -0.968. The highest BCUT2D eigenvalue weighted by molar-refractivity contribution is 5.68. The number of likely N-dealkylation sites (N-methyl/N-ethyl adjacent to an activating group) is 1. The molecule has 0 fully saturated rings. The van der Waals surface area contributed by atoms with Crippen LogP contribution in [0, 0.1) is 0 Å². The molecule has 5 heteroatoms. The Labute approximate surface area is 117 Å². The van der Waals surface area contributed by atoms with Gasteiger partial charge in [0.25, 0.3) is 0 Å². The first kappa shape index (κ1) is 20.4. The second kappa shape index (κ2) is 15.1. The average molecular weight is 274 g/mol. The van der Waals surface area contributed by atoms with E-state index in [1.165, 1.54) is 19.3 Å². The van der Waals surface area contributed by atoms with Gasteiger partial charge in [-0.3, -0.25) is 4.79 Å². The number of aliphatic hydroxyl groups is 1. The van der Waals surface area contributed by atoms with Crippen LogP contribution in [0.2, 0.25) is 0 Å². The molecule has 0 aromatic carbocycles. The maximum absolute atomic E-state index is 9.59. The molecule has 0 aliphatic heterocycles. The molecule has 19 heavy (non-hydrogen) atoms. The van der Waals surface area contributed by atoms with E-state index in [0.717, 1.165) is 19.6 Å². The first-order valence-electron chi connectivity index (χ1n) is 6.94. The summed E-state index contributed by atoms with van der Waals surface area (Å²) >= 11 is 0. The third-order valence-corrected chi connectivity index (χ3v) is 2.61. The number of rotatable bonds is 10. The van der Waals surface area contributed by atoms with Crippen LogP contribution < -0.4 is 5.73 Å². The molecule has 0 aliphatic carbocycles. The van der Waals surface area contributed by atoms with E-state index in [4.69, 9.17) is 5.11 Å². The van der Waals surface area contributed by atoms with Crippen LogP contribution in [-0.4, -0.2) is 53.4 Å². The molecule has 0 aromatic rings. The summed E-state index contributed by atoms with van der Waals surface area (Å²) in [7, 11) is 0. The molecule has 0 saturated heterocycles. The van der Waals surface area contributed by atoms with Crippen molar-refractivity contribution < 1.29 is 15.0 Å². The minimum absolute atomic E-state index is 0.242. The maximum atomic E-state index is 9.59. The minimum atomic E-state index is -0.968. The van der Waals surface area contributed by atoms with Gasteiger partial charge in [-0.1, -0.05) is 32.8 Å². The number of nitrogens with two attached hydrogens (primary N) is 1. The van der Waals surface area contributed by atoms with Crippen molar-refractivity contribution >= 4 is 5.97 Å². The summed E-state index contributed by atoms with van der Waals surface area (Å²) < 4.78 is 0. The van der Waals surface area contributed by atoms with Gasteiger partial charge in [0.2, 0.25) is 0 Å². The van der Waals surface area contributed by atoms with Gasteiger partial charge >= 0.3 is 5.97 Å². The van der Waals surface area contributed by atoms with E-state index in [2.05, 4.69) is 31.1 Å². The van der Waals surface area contributed by atoms with Crippen molar-refractivity contribution in [1.82, 2.24) is 4.90 Å². The van der Waals surface area contributed by atoms with Gasteiger partial charge in [-0.15, -0.1) is 6.58 Å². The van der Waals surface area contributed by atoms with Crippen LogP contribution in [0.25, 0.3) is 0 Å². The van der Waals surface area contributed by atoms with Gasteiger partial charge in [-0.05, 0) is 25.9 Å². The lowest BCUT2D eigenvalue weighted by molar-refractivity contribution is -0.135. The minimum Gasteiger partial charge on any atom is -0.480 e. The van der Waals surface area contributed by atoms with Gasteiger partial charge in [0.1, 0.15) is 0 Å². The first-order valence-corrected chi connectivity index (χ1v) is 6.94. The van der Waals surface area contributed by atoms with Crippen LogP contribution in [0.4, 0.5) is 0 Å². The van der Waals surface area contributed by atoms with E-state index < -0.39 is 5.97 Å². The molecule has 0 amide bonds. The SMILES string of the molecule is C=CCC(O)CN(CC)CCCCC.NCC(=O)O. The number of unbranched alkanes of at least 4 members (excludes halogenated alkanes) is 2. The Morgan fingerprint density at radius 1 is 1.42 bits per heavy atom. The number of carboxylic acid groups (broad SMARTS) is 1. The van der Waals surface area contributed by atoms with Crippen molar-refractivity contribution in [1.29, 1.82) is 0 Å². The van der Waals surface area contributed by atoms with Crippen molar-refractivity contribution in [2.24, 2.45) is 5.73 Å². The second-order valence-electron chi connectivity index (χ2n) is 4.38. The molecule has 114 valence electrons. The van der Waals surface area contributed by atoms with Crippen molar-refractivity contribution in [3.63, 3.8) is 0 Å². The average Bonchev–Trinajstić information content (AvgIpc) is 2.38. The fraction of sp³-hybridized carbons (Fsp3) is 0.786. The Hall–Kier alpha value is -0.910. The molecule has 0 aromatic heterocycles. The standard InChI is InChI=1S/C12H25NO.C2H5NO2/c1-4-7-8-10-13(6-3)11-12(14)9-5-2;3-1-2(4)5/h5,12,14H,2,4,6-11H2,1,3H3;1,3H2,(H,4,5). The molecule has 4 N–H and O–H groups in total. The molecule has 0 radical (unpaired) electrons. The topological polar surface area (TPSA) is 86.8 Å². The lowest BCUT2D eigenvalue weighted by atomic mass is 10.2. The number of aliphatic carboxylic acids is 1. The first-order chi connectivity index (χ1) is 9.01. The summed E-state index contributed by atoms with van der Waals surface area (Å²) in [4.78, 5) is 11.6. The van der Waals surface area contributed by atoms with Gasteiger partial charge in [0, 0.05) is 6.54 Å². The van der Waals surface area contributed by atoms with Crippen molar-refractivity contribution in [3.8, 4) is 0 Å². The third kappa shape index (κ3) is 17.1. The summed E-state index contributed by atoms with van der Waals surface area (Å²) in [5, 5.41) is 17.2. The van der Waals surface area contributed by atoms with Crippen LogP contribution in [0.3, 0.4) is 0 Å². The Kier molecular flexibility index (Phi) is 16.3. The Balaban J connectivity index is 0. The van der Waals surface area contributed by atoms with Crippen LogP contribution >= 0.6 is 0 Å². The Bertz CT molecular complexity index is 223. The van der Waals surface area contributed by atoms with E-state index in [9.17, 15) is 9.90 Å². The van der Waals surface area contributed by atoms with E-state index in [0.29, 0.717) is 6.42 Å². The van der Waals surface area contributed by atoms with E-state index in [1.54, 1.807) is 6.08 Å². The summed E-state index contributed by atoms with van der Waals surface area (Å²) in [6.07, 6.45) is 6.02. The number of aliphatic hydroxyl groups excluding tert-OH is 1. The Morgan fingerprint density at radius 2 is 2.00 bits per heavy atom. The van der Waals surface area contributed by atoms with Crippen LogP contribution in [0.1, 0.15) is 39.5 Å². The predicted molar refractivity (Wildman–Crippen MR) is 79.2 cm³/mol. The third-order valence-electron chi connectivity index (χ3n) is 2.61. The summed E-state index contributed by atoms with van der Waals surface area (Å²) in [6.45, 7) is 10.6. The van der Waals surface area contributed by atoms with Gasteiger partial charge in [0.05, 0.1) is 12.6 Å². The molecule has 1 atom stereocenters.